The van der Waals surface area contributed by atoms with Crippen LogP contribution in [0.3, 0.4) is 0 Å². The molecule has 1 aliphatic rings. The first-order valence-corrected chi connectivity index (χ1v) is 8.91. The van der Waals surface area contributed by atoms with Crippen molar-refractivity contribution in [3.05, 3.63) is 35.1 Å². The maximum atomic E-state index is 12.8. The molecule has 0 radical (unpaired) electrons. The van der Waals surface area contributed by atoms with Gasteiger partial charge in [0.05, 0.1) is 0 Å². The molecule has 1 N–H and O–H groups in total. The Hall–Kier alpha value is -1.81. The SMILES string of the molecule is Cc1ccc2oc(C(=O)NC3CCCCC3CN(C)C)c(C)c2c1. The highest BCUT2D eigenvalue weighted by Gasteiger charge is 2.28. The number of nitrogens with one attached hydrogen (secondary N) is 1. The van der Waals surface area contributed by atoms with E-state index in [0.29, 0.717) is 11.7 Å². The number of nitrogens with zero attached hydrogens (tertiary/aromatic N) is 1. The first kappa shape index (κ1) is 17.0. The summed E-state index contributed by atoms with van der Waals surface area (Å²) in [7, 11) is 4.19. The van der Waals surface area contributed by atoms with Gasteiger partial charge in [0, 0.05) is 23.5 Å². The van der Waals surface area contributed by atoms with Crippen LogP contribution in [0.1, 0.15) is 47.4 Å². The van der Waals surface area contributed by atoms with Gasteiger partial charge in [-0.2, -0.15) is 0 Å². The highest BCUT2D eigenvalue weighted by Crippen LogP contribution is 2.28. The molecule has 4 nitrogen and oxygen atoms in total. The molecular formula is C20H28N2O2. The van der Waals surface area contributed by atoms with E-state index >= 15 is 0 Å². The molecule has 2 unspecified atom stereocenters. The molecule has 0 spiro atoms. The van der Waals surface area contributed by atoms with Crippen molar-refractivity contribution >= 4 is 16.9 Å². The van der Waals surface area contributed by atoms with Gasteiger partial charge in [-0.1, -0.05) is 24.5 Å². The summed E-state index contributed by atoms with van der Waals surface area (Å²) in [6.45, 7) is 5.04. The van der Waals surface area contributed by atoms with Crippen LogP contribution in [-0.2, 0) is 0 Å². The molecule has 1 saturated carbocycles. The van der Waals surface area contributed by atoms with Crippen molar-refractivity contribution in [1.82, 2.24) is 10.2 Å². The summed E-state index contributed by atoms with van der Waals surface area (Å²) in [6.07, 6.45) is 4.69. The lowest BCUT2D eigenvalue weighted by Crippen LogP contribution is -2.45. The van der Waals surface area contributed by atoms with E-state index in [2.05, 4.69) is 37.3 Å². The van der Waals surface area contributed by atoms with Crippen LogP contribution < -0.4 is 5.32 Å². The standard InChI is InChI=1S/C20H28N2O2/c1-13-9-10-18-16(11-13)14(2)19(24-18)20(23)21-17-8-6-5-7-15(17)12-22(3)4/h9-11,15,17H,5-8,12H2,1-4H3,(H,21,23). The first-order valence-electron chi connectivity index (χ1n) is 8.91. The lowest BCUT2D eigenvalue weighted by Gasteiger charge is -2.33. The number of aryl methyl sites for hydroxylation is 2. The van der Waals surface area contributed by atoms with Crippen LogP contribution in [0.15, 0.2) is 22.6 Å². The highest BCUT2D eigenvalue weighted by molar-refractivity contribution is 5.99. The number of rotatable bonds is 4. The second-order valence-corrected chi connectivity index (χ2v) is 7.44. The molecule has 130 valence electrons. The van der Waals surface area contributed by atoms with E-state index < -0.39 is 0 Å². The van der Waals surface area contributed by atoms with Gasteiger partial charge in [0.15, 0.2) is 5.76 Å². The number of furan rings is 1. The molecule has 2 aromatic rings. The number of carbonyl (C=O) groups is 1. The molecule has 1 fully saturated rings. The molecule has 1 aromatic heterocycles. The molecule has 24 heavy (non-hydrogen) atoms. The van der Waals surface area contributed by atoms with Crippen LogP contribution in [0, 0.1) is 19.8 Å². The molecular weight excluding hydrogens is 300 g/mol. The quantitative estimate of drug-likeness (QED) is 0.926. The number of hydrogen-bond donors (Lipinski definition) is 1. The van der Waals surface area contributed by atoms with Gasteiger partial charge in [-0.25, -0.2) is 0 Å². The second-order valence-electron chi connectivity index (χ2n) is 7.44. The van der Waals surface area contributed by atoms with Crippen LogP contribution in [0.5, 0.6) is 0 Å². The number of benzene rings is 1. The molecule has 1 aliphatic carbocycles. The topological polar surface area (TPSA) is 45.5 Å². The molecule has 1 heterocycles. The lowest BCUT2D eigenvalue weighted by molar-refractivity contribution is 0.0868. The van der Waals surface area contributed by atoms with E-state index in [-0.39, 0.29) is 11.9 Å². The minimum absolute atomic E-state index is 0.0722. The van der Waals surface area contributed by atoms with Gasteiger partial charge in [-0.15, -0.1) is 0 Å². The maximum Gasteiger partial charge on any atom is 0.287 e. The Balaban J connectivity index is 1.80. The first-order chi connectivity index (χ1) is 11.5. The van der Waals surface area contributed by atoms with Crippen LogP contribution >= 0.6 is 0 Å². The molecule has 0 aliphatic heterocycles. The predicted octanol–water partition coefficient (Wildman–Crippen LogP) is 3.90. The molecule has 0 saturated heterocycles. The molecule has 3 rings (SSSR count). The Morgan fingerprint density at radius 3 is 2.75 bits per heavy atom. The number of amides is 1. The maximum absolute atomic E-state index is 12.8. The van der Waals surface area contributed by atoms with Gasteiger partial charge < -0.3 is 14.6 Å². The minimum atomic E-state index is -0.0722. The summed E-state index contributed by atoms with van der Waals surface area (Å²) in [4.78, 5) is 15.0. The van der Waals surface area contributed by atoms with E-state index in [1.54, 1.807) is 0 Å². The van der Waals surface area contributed by atoms with Crippen molar-refractivity contribution in [2.24, 2.45) is 5.92 Å². The van der Waals surface area contributed by atoms with Gasteiger partial charge in [-0.05, 0) is 58.8 Å². The smallest absolute Gasteiger partial charge is 0.287 e. The Morgan fingerprint density at radius 1 is 1.25 bits per heavy atom. The van der Waals surface area contributed by atoms with Crippen LogP contribution in [0.25, 0.3) is 11.0 Å². The third kappa shape index (κ3) is 3.48. The number of hydrogen-bond acceptors (Lipinski definition) is 3. The Labute approximate surface area is 144 Å². The van der Waals surface area contributed by atoms with Gasteiger partial charge in [-0.3, -0.25) is 4.79 Å². The van der Waals surface area contributed by atoms with Crippen LogP contribution in [-0.4, -0.2) is 37.5 Å². The monoisotopic (exact) mass is 328 g/mol. The average Bonchev–Trinajstić information content (AvgIpc) is 2.85. The zero-order chi connectivity index (χ0) is 17.3. The fourth-order valence-corrected chi connectivity index (χ4v) is 3.87. The normalized spacial score (nSPS) is 21.4. The average molecular weight is 328 g/mol. The summed E-state index contributed by atoms with van der Waals surface area (Å²) in [6, 6.07) is 6.29. The van der Waals surface area contributed by atoms with Crippen molar-refractivity contribution in [3.8, 4) is 0 Å². The lowest BCUT2D eigenvalue weighted by atomic mass is 9.84. The van der Waals surface area contributed by atoms with Crippen LogP contribution in [0.2, 0.25) is 0 Å². The molecule has 2 atom stereocenters. The molecule has 0 bridgehead atoms. The van der Waals surface area contributed by atoms with E-state index in [9.17, 15) is 4.79 Å². The number of carbonyl (C=O) groups excluding carboxylic acids is 1. The van der Waals surface area contributed by atoms with E-state index in [4.69, 9.17) is 4.42 Å². The van der Waals surface area contributed by atoms with Crippen molar-refractivity contribution in [2.45, 2.75) is 45.6 Å². The fourth-order valence-electron chi connectivity index (χ4n) is 3.87. The Morgan fingerprint density at radius 2 is 2.00 bits per heavy atom. The van der Waals surface area contributed by atoms with Gasteiger partial charge in [0.1, 0.15) is 5.58 Å². The zero-order valence-corrected chi connectivity index (χ0v) is 15.2. The third-order valence-corrected chi connectivity index (χ3v) is 5.12. The third-order valence-electron chi connectivity index (χ3n) is 5.12. The second kappa shape index (κ2) is 6.98. The van der Waals surface area contributed by atoms with Gasteiger partial charge in [0.2, 0.25) is 0 Å². The molecule has 1 amide bonds. The largest absolute Gasteiger partial charge is 0.451 e. The predicted molar refractivity (Wildman–Crippen MR) is 97.5 cm³/mol. The van der Waals surface area contributed by atoms with Crippen molar-refractivity contribution < 1.29 is 9.21 Å². The Kier molecular flexibility index (Phi) is 4.95. The number of fused-ring (bicyclic) bond motifs is 1. The summed E-state index contributed by atoms with van der Waals surface area (Å²) >= 11 is 0. The molecule has 4 heteroatoms. The van der Waals surface area contributed by atoms with Gasteiger partial charge in [0.25, 0.3) is 5.91 Å². The minimum Gasteiger partial charge on any atom is -0.451 e. The van der Waals surface area contributed by atoms with E-state index in [1.165, 1.54) is 24.8 Å². The summed E-state index contributed by atoms with van der Waals surface area (Å²) < 4.78 is 5.85. The van der Waals surface area contributed by atoms with Crippen molar-refractivity contribution in [3.63, 3.8) is 0 Å². The van der Waals surface area contributed by atoms with Crippen LogP contribution in [0.4, 0.5) is 0 Å². The van der Waals surface area contributed by atoms with E-state index in [0.717, 1.165) is 29.5 Å². The Bertz CT molecular complexity index is 733. The highest BCUT2D eigenvalue weighted by atomic mass is 16.3. The van der Waals surface area contributed by atoms with E-state index in [1.807, 2.05) is 19.1 Å². The zero-order valence-electron chi connectivity index (χ0n) is 15.2. The van der Waals surface area contributed by atoms with Crippen molar-refractivity contribution in [1.29, 1.82) is 0 Å². The summed E-state index contributed by atoms with van der Waals surface area (Å²) in [5.41, 5.74) is 2.90. The van der Waals surface area contributed by atoms with Crippen molar-refractivity contribution in [2.75, 3.05) is 20.6 Å². The molecule has 1 aromatic carbocycles. The summed E-state index contributed by atoms with van der Waals surface area (Å²) in [5.74, 6) is 0.909. The summed E-state index contributed by atoms with van der Waals surface area (Å²) in [5, 5.41) is 4.28. The fraction of sp³-hybridized carbons (Fsp3) is 0.550. The van der Waals surface area contributed by atoms with Gasteiger partial charge >= 0.3 is 0 Å².